The minimum atomic E-state index is 0.0255. The molecule has 5 nitrogen and oxygen atoms in total. The number of piperazine rings is 1. The Hall–Kier alpha value is -1.40. The first-order valence-corrected chi connectivity index (χ1v) is 8.93. The van der Waals surface area contributed by atoms with Crippen LogP contribution < -0.4 is 5.32 Å². The molecule has 1 fully saturated rings. The monoisotopic (exact) mass is 381 g/mol. The van der Waals surface area contributed by atoms with Crippen LogP contribution in [0.4, 0.5) is 4.79 Å². The van der Waals surface area contributed by atoms with Crippen molar-refractivity contribution in [1.82, 2.24) is 15.1 Å². The van der Waals surface area contributed by atoms with Crippen molar-refractivity contribution in [2.75, 3.05) is 39.3 Å². The first-order valence-electron chi connectivity index (χ1n) is 8.14. The maximum atomic E-state index is 12.1. The first kappa shape index (κ1) is 17.9. The van der Waals surface area contributed by atoms with E-state index in [1.54, 1.807) is 0 Å². The Balaban J connectivity index is 1.66. The van der Waals surface area contributed by atoms with Crippen molar-refractivity contribution in [3.05, 3.63) is 34.3 Å². The highest BCUT2D eigenvalue weighted by molar-refractivity contribution is 9.10. The second kappa shape index (κ2) is 9.03. The third-order valence-electron chi connectivity index (χ3n) is 4.03. The number of Topliss-reactive ketones (excluding diaryl/α,β-unsaturated/α-hetero) is 1. The zero-order valence-corrected chi connectivity index (χ0v) is 15.1. The summed E-state index contributed by atoms with van der Waals surface area (Å²) in [5.74, 6) is 0.193. The van der Waals surface area contributed by atoms with Crippen LogP contribution in [0.15, 0.2) is 28.7 Å². The number of hydrogen-bond acceptors (Lipinski definition) is 3. The van der Waals surface area contributed by atoms with Gasteiger partial charge in [-0.1, -0.05) is 28.1 Å². The van der Waals surface area contributed by atoms with Crippen LogP contribution in [-0.2, 0) is 0 Å². The maximum Gasteiger partial charge on any atom is 0.317 e. The summed E-state index contributed by atoms with van der Waals surface area (Å²) in [4.78, 5) is 28.0. The van der Waals surface area contributed by atoms with E-state index in [4.69, 9.17) is 0 Å². The van der Waals surface area contributed by atoms with Crippen LogP contribution in [0.3, 0.4) is 0 Å². The van der Waals surface area contributed by atoms with Gasteiger partial charge in [-0.05, 0) is 32.0 Å². The topological polar surface area (TPSA) is 52.7 Å². The molecule has 23 heavy (non-hydrogen) atoms. The van der Waals surface area contributed by atoms with Gasteiger partial charge in [0.05, 0.1) is 0 Å². The minimum Gasteiger partial charge on any atom is -0.338 e. The van der Waals surface area contributed by atoms with Gasteiger partial charge in [-0.15, -0.1) is 0 Å². The van der Waals surface area contributed by atoms with Crippen molar-refractivity contribution in [2.24, 2.45) is 0 Å². The van der Waals surface area contributed by atoms with E-state index in [0.29, 0.717) is 13.0 Å². The van der Waals surface area contributed by atoms with Crippen LogP contribution in [0.2, 0.25) is 0 Å². The molecule has 0 saturated carbocycles. The first-order chi connectivity index (χ1) is 11.1. The number of ketones is 1. The largest absolute Gasteiger partial charge is 0.338 e. The van der Waals surface area contributed by atoms with E-state index in [2.05, 4.69) is 26.1 Å². The number of hydrogen-bond donors (Lipinski definition) is 1. The fourth-order valence-electron chi connectivity index (χ4n) is 2.68. The lowest BCUT2D eigenvalue weighted by Crippen LogP contribution is -2.51. The summed E-state index contributed by atoms with van der Waals surface area (Å²) >= 11 is 3.37. The van der Waals surface area contributed by atoms with Crippen LogP contribution in [-0.4, -0.2) is 60.9 Å². The Kier molecular flexibility index (Phi) is 7.05. The van der Waals surface area contributed by atoms with Gasteiger partial charge in [0.15, 0.2) is 5.78 Å². The van der Waals surface area contributed by atoms with Crippen molar-refractivity contribution in [3.8, 4) is 0 Å². The molecule has 0 radical (unpaired) electrons. The molecule has 1 aliphatic heterocycles. The second-order valence-electron chi connectivity index (χ2n) is 5.70. The van der Waals surface area contributed by atoms with Crippen molar-refractivity contribution in [1.29, 1.82) is 0 Å². The van der Waals surface area contributed by atoms with Crippen molar-refractivity contribution in [3.63, 3.8) is 0 Å². The number of nitrogens with zero attached hydrogens (tertiary/aromatic N) is 2. The number of halogens is 1. The number of amides is 2. The van der Waals surface area contributed by atoms with Gasteiger partial charge in [-0.3, -0.25) is 9.69 Å². The zero-order chi connectivity index (χ0) is 16.7. The van der Waals surface area contributed by atoms with E-state index in [1.807, 2.05) is 36.1 Å². The summed E-state index contributed by atoms with van der Waals surface area (Å²) in [5.41, 5.74) is 0.772. The zero-order valence-electron chi connectivity index (χ0n) is 13.6. The number of urea groups is 1. The summed E-state index contributed by atoms with van der Waals surface area (Å²) in [6.45, 7) is 6.77. The summed E-state index contributed by atoms with van der Waals surface area (Å²) in [6, 6.07) is 7.54. The third kappa shape index (κ3) is 5.62. The molecule has 1 aromatic carbocycles. The van der Waals surface area contributed by atoms with E-state index >= 15 is 0 Å². The average Bonchev–Trinajstić information content (AvgIpc) is 2.56. The van der Waals surface area contributed by atoms with E-state index in [-0.39, 0.29) is 11.8 Å². The molecule has 0 aliphatic carbocycles. The lowest BCUT2D eigenvalue weighted by atomic mass is 10.1. The van der Waals surface area contributed by atoms with Crippen LogP contribution >= 0.6 is 15.9 Å². The van der Waals surface area contributed by atoms with Crippen LogP contribution in [0.25, 0.3) is 0 Å². The predicted molar refractivity (Wildman–Crippen MR) is 94.8 cm³/mol. The van der Waals surface area contributed by atoms with Gasteiger partial charge in [-0.25, -0.2) is 4.79 Å². The average molecular weight is 382 g/mol. The molecular weight excluding hydrogens is 358 g/mol. The Morgan fingerprint density at radius 2 is 1.78 bits per heavy atom. The highest BCUT2D eigenvalue weighted by Gasteiger charge is 2.20. The molecule has 2 amide bonds. The smallest absolute Gasteiger partial charge is 0.317 e. The minimum absolute atomic E-state index is 0.0255. The molecular formula is C17H24BrN3O2. The van der Waals surface area contributed by atoms with Gasteiger partial charge in [0.1, 0.15) is 0 Å². The molecule has 0 atom stereocenters. The highest BCUT2D eigenvalue weighted by atomic mass is 79.9. The van der Waals surface area contributed by atoms with Crippen molar-refractivity contribution < 1.29 is 9.59 Å². The Morgan fingerprint density at radius 1 is 1.13 bits per heavy atom. The van der Waals surface area contributed by atoms with E-state index in [1.165, 1.54) is 0 Å². The van der Waals surface area contributed by atoms with Crippen LogP contribution in [0.5, 0.6) is 0 Å². The van der Waals surface area contributed by atoms with Crippen LogP contribution in [0, 0.1) is 0 Å². The van der Waals surface area contributed by atoms with E-state index in [0.717, 1.165) is 49.2 Å². The number of carbonyl (C=O) groups is 2. The van der Waals surface area contributed by atoms with Gasteiger partial charge in [0.25, 0.3) is 0 Å². The molecule has 126 valence electrons. The van der Waals surface area contributed by atoms with Gasteiger partial charge >= 0.3 is 6.03 Å². The van der Waals surface area contributed by atoms with E-state index in [9.17, 15) is 9.59 Å². The predicted octanol–water partition coefficient (Wildman–Crippen LogP) is 2.76. The van der Waals surface area contributed by atoms with Gasteiger partial charge in [-0.2, -0.15) is 0 Å². The lowest BCUT2D eigenvalue weighted by molar-refractivity contribution is 0.0968. The standard InChI is InChI=1S/C17H24BrN3O2/c1-2-19-17(23)21-12-10-20(11-13-21)9-3-4-16(22)14-5-7-15(18)8-6-14/h5-8H,2-4,9-13H2,1H3,(H,19,23). The molecule has 1 aliphatic rings. The van der Waals surface area contributed by atoms with E-state index < -0.39 is 0 Å². The molecule has 0 bridgehead atoms. The molecule has 0 unspecified atom stereocenters. The lowest BCUT2D eigenvalue weighted by Gasteiger charge is -2.34. The highest BCUT2D eigenvalue weighted by Crippen LogP contribution is 2.13. The summed E-state index contributed by atoms with van der Waals surface area (Å²) in [7, 11) is 0. The van der Waals surface area contributed by atoms with Crippen LogP contribution in [0.1, 0.15) is 30.1 Å². The summed E-state index contributed by atoms with van der Waals surface area (Å²) in [5, 5.41) is 2.83. The second-order valence-corrected chi connectivity index (χ2v) is 6.61. The molecule has 1 aromatic rings. The summed E-state index contributed by atoms with van der Waals surface area (Å²) in [6.07, 6.45) is 1.42. The third-order valence-corrected chi connectivity index (χ3v) is 4.56. The maximum absolute atomic E-state index is 12.1. The Bertz CT molecular complexity index is 525. The summed E-state index contributed by atoms with van der Waals surface area (Å²) < 4.78 is 0.985. The fourth-order valence-corrected chi connectivity index (χ4v) is 2.95. The SMILES string of the molecule is CCNC(=O)N1CCN(CCCC(=O)c2ccc(Br)cc2)CC1. The fraction of sp³-hybridized carbons (Fsp3) is 0.529. The van der Waals surface area contributed by atoms with Gasteiger partial charge in [0, 0.05) is 49.2 Å². The Labute approximate surface area is 146 Å². The normalized spacial score (nSPS) is 15.5. The van der Waals surface area contributed by atoms with Crippen molar-refractivity contribution in [2.45, 2.75) is 19.8 Å². The number of carbonyl (C=O) groups excluding carboxylic acids is 2. The Morgan fingerprint density at radius 3 is 2.39 bits per heavy atom. The molecule has 1 N–H and O–H groups in total. The molecule has 2 rings (SSSR count). The molecule has 1 heterocycles. The van der Waals surface area contributed by atoms with Crippen molar-refractivity contribution >= 4 is 27.7 Å². The van der Waals surface area contributed by atoms with Gasteiger partial charge < -0.3 is 10.2 Å². The molecule has 6 heteroatoms. The molecule has 0 aromatic heterocycles. The number of nitrogens with one attached hydrogen (secondary N) is 1. The van der Waals surface area contributed by atoms with Gasteiger partial charge in [0.2, 0.25) is 0 Å². The quantitative estimate of drug-likeness (QED) is 0.770. The molecule has 1 saturated heterocycles. The number of benzene rings is 1. The number of rotatable bonds is 6. The molecule has 0 spiro atoms.